The molecule has 8 nitrogen and oxygen atoms in total. The van der Waals surface area contributed by atoms with Crippen molar-refractivity contribution in [2.45, 2.75) is 23.5 Å². The predicted molar refractivity (Wildman–Crippen MR) is 182 cm³/mol. The van der Waals surface area contributed by atoms with Crippen molar-refractivity contribution in [2.24, 2.45) is 0 Å². The minimum absolute atomic E-state index is 0.210. The van der Waals surface area contributed by atoms with Gasteiger partial charge in [0.1, 0.15) is 5.01 Å². The second-order valence-electron chi connectivity index (χ2n) is 11.5. The fourth-order valence-corrected chi connectivity index (χ4v) is 7.41. The molecule has 1 aliphatic heterocycles. The van der Waals surface area contributed by atoms with Crippen LogP contribution < -0.4 is 0 Å². The Labute approximate surface area is 266 Å². The molecule has 230 valence electrons. The van der Waals surface area contributed by atoms with E-state index in [2.05, 4.69) is 4.98 Å². The van der Waals surface area contributed by atoms with Crippen LogP contribution in [-0.2, 0) is 24.4 Å². The summed E-state index contributed by atoms with van der Waals surface area (Å²) in [5.41, 5.74) is 5.98. The first-order valence-electron chi connectivity index (χ1n) is 14.1. The van der Waals surface area contributed by atoms with Crippen LogP contribution in [0.15, 0.2) is 102 Å². The van der Waals surface area contributed by atoms with Gasteiger partial charge in [-0.15, -0.1) is 11.3 Å². The minimum atomic E-state index is -3.44. The number of pyridine rings is 1. The summed E-state index contributed by atoms with van der Waals surface area (Å²) in [6, 6.07) is 22.0. The highest BCUT2D eigenvalue weighted by atomic mass is 32.2. The van der Waals surface area contributed by atoms with Crippen molar-refractivity contribution in [3.63, 3.8) is 0 Å². The molecule has 0 spiro atoms. The first-order valence-corrected chi connectivity index (χ1v) is 18.7. The molecule has 3 aromatic carbocycles. The van der Waals surface area contributed by atoms with E-state index in [1.54, 1.807) is 50.4 Å². The van der Waals surface area contributed by atoms with Gasteiger partial charge in [0.15, 0.2) is 19.7 Å². The average molecular weight is 657 g/mol. The van der Waals surface area contributed by atoms with E-state index in [0.29, 0.717) is 21.8 Å². The van der Waals surface area contributed by atoms with Crippen molar-refractivity contribution in [2.75, 3.05) is 19.1 Å². The standard InChI is InChI=1S/C34H30N3O5S3/c1-34(2,45(4,41)42)27-19-24-10-6-16-35-30(24)29(20-27)23-8-5-9-25(18-23)32-31(22-12-14-28(15-13-22)44(3,39)40)36-33(43-32)26-11-7-17-37(38)21-26/h5-16,18-21H,17H2,1-4H3/q-1. The van der Waals surface area contributed by atoms with Crippen LogP contribution in [0.1, 0.15) is 24.4 Å². The molecule has 0 saturated heterocycles. The van der Waals surface area contributed by atoms with Crippen molar-refractivity contribution >= 4 is 47.5 Å². The summed E-state index contributed by atoms with van der Waals surface area (Å²) >= 11 is 1.43. The Balaban J connectivity index is 1.54. The molecule has 0 fully saturated rings. The molecule has 0 aliphatic carbocycles. The summed E-state index contributed by atoms with van der Waals surface area (Å²) in [7, 11) is -6.82. The second kappa shape index (κ2) is 11.3. The molecule has 0 amide bonds. The molecule has 0 radical (unpaired) electrons. The number of hydrogen-bond acceptors (Lipinski definition) is 9. The monoisotopic (exact) mass is 656 g/mol. The Hall–Kier alpha value is -4.16. The van der Waals surface area contributed by atoms with Gasteiger partial charge in [0.05, 0.1) is 25.7 Å². The number of nitrogens with zero attached hydrogens (tertiary/aromatic N) is 3. The molecule has 0 atom stereocenters. The van der Waals surface area contributed by atoms with Crippen LogP contribution in [0, 0.1) is 5.21 Å². The topological polar surface area (TPSA) is 120 Å². The van der Waals surface area contributed by atoms with Crippen LogP contribution in [-0.4, -0.2) is 50.9 Å². The van der Waals surface area contributed by atoms with Crippen LogP contribution in [0.5, 0.6) is 0 Å². The zero-order valence-electron chi connectivity index (χ0n) is 25.1. The van der Waals surface area contributed by atoms with E-state index in [1.807, 2.05) is 54.6 Å². The smallest absolute Gasteiger partial charge is 0.175 e. The molecule has 11 heteroatoms. The molecule has 5 aromatic rings. The molecular weight excluding hydrogens is 627 g/mol. The Bertz CT molecular complexity index is 2230. The Kier molecular flexibility index (Phi) is 7.77. The Morgan fingerprint density at radius 3 is 2.31 bits per heavy atom. The van der Waals surface area contributed by atoms with E-state index in [0.717, 1.165) is 43.1 Å². The predicted octanol–water partition coefficient (Wildman–Crippen LogP) is 7.09. The lowest BCUT2D eigenvalue weighted by Gasteiger charge is -2.27. The third kappa shape index (κ3) is 5.96. The third-order valence-corrected chi connectivity index (χ3v) is 12.4. The maximum Gasteiger partial charge on any atom is 0.175 e. The molecule has 3 heterocycles. The largest absolute Gasteiger partial charge is 0.758 e. The summed E-state index contributed by atoms with van der Waals surface area (Å²) in [5.74, 6) is 0. The molecule has 45 heavy (non-hydrogen) atoms. The highest BCUT2D eigenvalue weighted by molar-refractivity contribution is 7.91. The van der Waals surface area contributed by atoms with Crippen molar-refractivity contribution in [3.05, 3.63) is 113 Å². The second-order valence-corrected chi connectivity index (χ2v) is 17.1. The first kappa shape index (κ1) is 30.8. The lowest BCUT2D eigenvalue weighted by atomic mass is 9.92. The zero-order chi connectivity index (χ0) is 32.1. The highest BCUT2D eigenvalue weighted by Crippen LogP contribution is 2.42. The van der Waals surface area contributed by atoms with Crippen LogP contribution in [0.25, 0.3) is 49.3 Å². The van der Waals surface area contributed by atoms with E-state index in [4.69, 9.17) is 4.98 Å². The van der Waals surface area contributed by atoms with Gasteiger partial charge in [-0.2, -0.15) is 0 Å². The summed E-state index contributed by atoms with van der Waals surface area (Å²) < 4.78 is 48.7. The number of allylic oxidation sites excluding steroid dienone is 2. The maximum atomic E-state index is 12.8. The van der Waals surface area contributed by atoms with Gasteiger partial charge in [0, 0.05) is 47.3 Å². The maximum absolute atomic E-state index is 12.8. The number of hydroxylamine groups is 2. The molecule has 6 rings (SSSR count). The normalized spacial score (nSPS) is 14.2. The number of rotatable bonds is 7. The van der Waals surface area contributed by atoms with E-state index >= 15 is 0 Å². The summed E-state index contributed by atoms with van der Waals surface area (Å²) in [4.78, 5) is 10.6. The minimum Gasteiger partial charge on any atom is -0.758 e. The lowest BCUT2D eigenvalue weighted by Crippen LogP contribution is -2.28. The van der Waals surface area contributed by atoms with Gasteiger partial charge < -0.3 is 10.3 Å². The molecule has 2 aromatic heterocycles. The number of aromatic nitrogens is 2. The van der Waals surface area contributed by atoms with E-state index < -0.39 is 24.4 Å². The van der Waals surface area contributed by atoms with Crippen LogP contribution in [0.3, 0.4) is 0 Å². The number of fused-ring (bicyclic) bond motifs is 1. The summed E-state index contributed by atoms with van der Waals surface area (Å²) in [6.07, 6.45) is 9.30. The van der Waals surface area contributed by atoms with E-state index in [9.17, 15) is 22.0 Å². The Morgan fingerprint density at radius 2 is 1.62 bits per heavy atom. The van der Waals surface area contributed by atoms with Gasteiger partial charge in [0.25, 0.3) is 0 Å². The van der Waals surface area contributed by atoms with Gasteiger partial charge in [-0.1, -0.05) is 48.6 Å². The van der Waals surface area contributed by atoms with Crippen LogP contribution in [0.2, 0.25) is 0 Å². The highest BCUT2D eigenvalue weighted by Gasteiger charge is 2.33. The average Bonchev–Trinajstić information content (AvgIpc) is 3.45. The lowest BCUT2D eigenvalue weighted by molar-refractivity contribution is 0.561. The summed E-state index contributed by atoms with van der Waals surface area (Å²) in [5, 5.41) is 14.5. The molecule has 0 unspecified atom stereocenters. The van der Waals surface area contributed by atoms with Gasteiger partial charge in [-0.3, -0.25) is 4.98 Å². The van der Waals surface area contributed by atoms with Crippen LogP contribution in [0.4, 0.5) is 0 Å². The van der Waals surface area contributed by atoms with Gasteiger partial charge >= 0.3 is 0 Å². The van der Waals surface area contributed by atoms with Crippen LogP contribution >= 0.6 is 11.3 Å². The van der Waals surface area contributed by atoms with E-state index in [1.165, 1.54) is 30.0 Å². The SMILES string of the molecule is CC(C)(c1cc(-c2cccc(-c3sc(C4=CN([O-])CC=C4)nc3-c3ccc(S(C)(=O)=O)cc3)c2)c2ncccc2c1)S(C)(=O)=O. The number of thiazole rings is 1. The third-order valence-electron chi connectivity index (χ3n) is 8.06. The van der Waals surface area contributed by atoms with Crippen molar-refractivity contribution in [1.82, 2.24) is 15.0 Å². The summed E-state index contributed by atoms with van der Waals surface area (Å²) in [6.45, 7) is 3.68. The molecule has 1 aliphatic rings. The number of hydrogen-bond donors (Lipinski definition) is 0. The molecule has 0 saturated carbocycles. The number of benzene rings is 3. The van der Waals surface area contributed by atoms with E-state index in [-0.39, 0.29) is 11.4 Å². The molecule has 0 N–H and O–H groups in total. The molecular formula is C34H30N3O5S3-. The molecule has 0 bridgehead atoms. The van der Waals surface area contributed by atoms with Gasteiger partial charge in [0.2, 0.25) is 0 Å². The number of sulfone groups is 2. The van der Waals surface area contributed by atoms with Crippen molar-refractivity contribution in [1.29, 1.82) is 0 Å². The fourth-order valence-electron chi connectivity index (χ4n) is 5.16. The van der Waals surface area contributed by atoms with Crippen molar-refractivity contribution in [3.8, 4) is 32.8 Å². The van der Waals surface area contributed by atoms with Gasteiger partial charge in [-0.25, -0.2) is 21.8 Å². The fraction of sp³-hybridized carbons (Fsp3) is 0.176. The quantitative estimate of drug-likeness (QED) is 0.182. The zero-order valence-corrected chi connectivity index (χ0v) is 27.5. The first-order chi connectivity index (χ1) is 21.2. The van der Waals surface area contributed by atoms with Crippen molar-refractivity contribution < 1.29 is 16.8 Å². The Morgan fingerprint density at radius 1 is 0.889 bits per heavy atom. The van der Waals surface area contributed by atoms with Gasteiger partial charge in [-0.05, 0) is 73.1 Å².